The van der Waals surface area contributed by atoms with E-state index in [1.54, 1.807) is 0 Å². The van der Waals surface area contributed by atoms with Crippen molar-refractivity contribution in [2.45, 2.75) is 51.1 Å². The second-order valence-electron chi connectivity index (χ2n) is 7.55. The van der Waals surface area contributed by atoms with Crippen LogP contribution >= 0.6 is 0 Å². The second-order valence-corrected chi connectivity index (χ2v) is 7.55. The van der Waals surface area contributed by atoms with E-state index in [9.17, 15) is 4.79 Å². The zero-order chi connectivity index (χ0) is 17.0. The van der Waals surface area contributed by atoms with Gasteiger partial charge in [-0.15, -0.1) is 0 Å². The van der Waals surface area contributed by atoms with Crippen LogP contribution in [0.4, 0.5) is 5.69 Å². The van der Waals surface area contributed by atoms with Crippen molar-refractivity contribution in [2.75, 3.05) is 18.0 Å². The largest absolute Gasteiger partial charge is 0.435 e. The van der Waals surface area contributed by atoms with Gasteiger partial charge in [0.15, 0.2) is 5.89 Å². The Morgan fingerprint density at radius 3 is 2.92 bits per heavy atom. The Kier molecular flexibility index (Phi) is 3.45. The van der Waals surface area contributed by atoms with Crippen molar-refractivity contribution in [3.05, 3.63) is 47.2 Å². The van der Waals surface area contributed by atoms with Crippen LogP contribution < -0.4 is 4.90 Å². The van der Waals surface area contributed by atoms with E-state index in [-0.39, 0.29) is 5.91 Å². The van der Waals surface area contributed by atoms with Gasteiger partial charge in [0.05, 0.1) is 5.69 Å². The molecule has 1 saturated heterocycles. The Labute approximate surface area is 147 Å². The number of hydrogen-bond acceptors (Lipinski definition) is 4. The topological polar surface area (TPSA) is 49.6 Å². The first kappa shape index (κ1) is 15.1. The number of oxazole rings is 1. The highest BCUT2D eigenvalue weighted by molar-refractivity contribution is 6.05. The third-order valence-electron chi connectivity index (χ3n) is 5.73. The first-order valence-corrected chi connectivity index (χ1v) is 9.32. The summed E-state index contributed by atoms with van der Waals surface area (Å²) in [7, 11) is 0. The smallest absolute Gasteiger partial charge is 0.296 e. The molecule has 25 heavy (non-hydrogen) atoms. The molecule has 0 spiro atoms. The van der Waals surface area contributed by atoms with E-state index in [2.05, 4.69) is 28.1 Å². The highest BCUT2D eigenvalue weighted by atomic mass is 16.4. The summed E-state index contributed by atoms with van der Waals surface area (Å²) >= 11 is 0. The highest BCUT2D eigenvalue weighted by Crippen LogP contribution is 2.40. The quantitative estimate of drug-likeness (QED) is 0.842. The third-order valence-corrected chi connectivity index (χ3v) is 5.73. The number of amides is 1. The lowest BCUT2D eigenvalue weighted by Crippen LogP contribution is -2.40. The van der Waals surface area contributed by atoms with Crippen molar-refractivity contribution in [1.29, 1.82) is 0 Å². The number of para-hydroxylation sites is 1. The maximum atomic E-state index is 13.4. The van der Waals surface area contributed by atoms with E-state index < -0.39 is 0 Å². The van der Waals surface area contributed by atoms with Crippen LogP contribution in [0, 0.1) is 6.92 Å². The fourth-order valence-corrected chi connectivity index (χ4v) is 4.18. The first-order chi connectivity index (χ1) is 12.2. The Morgan fingerprint density at radius 2 is 2.08 bits per heavy atom. The molecule has 1 saturated carbocycles. The van der Waals surface area contributed by atoms with Gasteiger partial charge in [-0.2, -0.15) is 0 Å². The number of carbonyl (C=O) groups excluding carboxylic acids is 1. The molecule has 1 amide bonds. The van der Waals surface area contributed by atoms with Gasteiger partial charge in [-0.25, -0.2) is 4.98 Å². The SMILES string of the molecule is Cc1nc(C2CC2)oc1C(=O)N1CC2CCCN2Cc2ccccc21. The van der Waals surface area contributed by atoms with Crippen LogP contribution in [0.3, 0.4) is 0 Å². The molecular formula is C20H23N3O2. The Hall–Kier alpha value is -2.14. The molecule has 3 aliphatic rings. The molecular weight excluding hydrogens is 314 g/mol. The molecule has 1 unspecified atom stereocenters. The molecule has 5 rings (SSSR count). The van der Waals surface area contributed by atoms with Crippen LogP contribution in [0.2, 0.25) is 0 Å². The zero-order valence-corrected chi connectivity index (χ0v) is 14.6. The lowest BCUT2D eigenvalue weighted by molar-refractivity contribution is 0.0951. The van der Waals surface area contributed by atoms with Crippen molar-refractivity contribution < 1.29 is 9.21 Å². The average molecular weight is 337 g/mol. The zero-order valence-electron chi connectivity index (χ0n) is 14.6. The first-order valence-electron chi connectivity index (χ1n) is 9.32. The van der Waals surface area contributed by atoms with E-state index in [0.29, 0.717) is 17.7 Å². The van der Waals surface area contributed by atoms with Crippen LogP contribution in [-0.4, -0.2) is 34.9 Å². The minimum absolute atomic E-state index is 0.0434. The van der Waals surface area contributed by atoms with Gasteiger partial charge >= 0.3 is 0 Å². The maximum Gasteiger partial charge on any atom is 0.296 e. The summed E-state index contributed by atoms with van der Waals surface area (Å²) in [6, 6.07) is 8.70. The van der Waals surface area contributed by atoms with Crippen molar-refractivity contribution in [1.82, 2.24) is 9.88 Å². The van der Waals surface area contributed by atoms with Crippen molar-refractivity contribution >= 4 is 11.6 Å². The number of aryl methyl sites for hydroxylation is 1. The van der Waals surface area contributed by atoms with Gasteiger partial charge in [0.2, 0.25) is 5.76 Å². The van der Waals surface area contributed by atoms with Gasteiger partial charge in [0.1, 0.15) is 0 Å². The van der Waals surface area contributed by atoms with Crippen molar-refractivity contribution in [3.63, 3.8) is 0 Å². The normalized spacial score (nSPS) is 23.2. The molecule has 1 aromatic heterocycles. The molecule has 3 heterocycles. The molecule has 1 aliphatic carbocycles. The minimum Gasteiger partial charge on any atom is -0.435 e. The summed E-state index contributed by atoms with van der Waals surface area (Å²) in [4.78, 5) is 22.3. The predicted molar refractivity (Wildman–Crippen MR) is 94.8 cm³/mol. The molecule has 130 valence electrons. The molecule has 0 bridgehead atoms. The molecule has 0 radical (unpaired) electrons. The maximum absolute atomic E-state index is 13.4. The highest BCUT2D eigenvalue weighted by Gasteiger charge is 2.36. The van der Waals surface area contributed by atoms with Gasteiger partial charge in [-0.05, 0) is 50.8 Å². The number of fused-ring (bicyclic) bond motifs is 2. The summed E-state index contributed by atoms with van der Waals surface area (Å²) in [5.74, 6) is 1.54. The standard InChI is InChI=1S/C20H23N3O2/c1-13-18(25-19(21-13)14-8-9-14)20(24)23-12-16-6-4-10-22(16)11-15-5-2-3-7-17(15)23/h2-3,5,7,14,16H,4,6,8-12H2,1H3. The Balaban J connectivity index is 1.53. The number of rotatable bonds is 2. The van der Waals surface area contributed by atoms with E-state index >= 15 is 0 Å². The predicted octanol–water partition coefficient (Wildman–Crippen LogP) is 3.49. The molecule has 1 atom stereocenters. The second kappa shape index (κ2) is 5.70. The lowest BCUT2D eigenvalue weighted by atomic mass is 10.1. The van der Waals surface area contributed by atoms with E-state index in [1.165, 1.54) is 12.0 Å². The third kappa shape index (κ3) is 2.58. The van der Waals surface area contributed by atoms with Gasteiger partial charge in [-0.1, -0.05) is 18.2 Å². The molecule has 2 fully saturated rings. The number of anilines is 1. The van der Waals surface area contributed by atoms with Gasteiger partial charge < -0.3 is 9.32 Å². The Morgan fingerprint density at radius 1 is 1.24 bits per heavy atom. The van der Waals surface area contributed by atoms with Gasteiger partial charge in [0, 0.05) is 30.7 Å². The molecule has 1 aromatic carbocycles. The molecule has 2 aromatic rings. The van der Waals surface area contributed by atoms with Crippen LogP contribution in [0.25, 0.3) is 0 Å². The summed E-state index contributed by atoms with van der Waals surface area (Å²) < 4.78 is 5.90. The number of carbonyl (C=O) groups is 1. The average Bonchev–Trinajstić information content (AvgIpc) is 3.30. The summed E-state index contributed by atoms with van der Waals surface area (Å²) in [5, 5.41) is 0. The number of benzene rings is 1. The summed E-state index contributed by atoms with van der Waals surface area (Å²) in [6.45, 7) is 4.66. The fraction of sp³-hybridized carbons (Fsp3) is 0.500. The monoisotopic (exact) mass is 337 g/mol. The minimum atomic E-state index is -0.0434. The van der Waals surface area contributed by atoms with Gasteiger partial charge in [-0.3, -0.25) is 9.69 Å². The van der Waals surface area contributed by atoms with E-state index in [0.717, 1.165) is 56.2 Å². The number of nitrogens with zero attached hydrogens (tertiary/aromatic N) is 3. The molecule has 2 aliphatic heterocycles. The molecule has 5 heteroatoms. The van der Waals surface area contributed by atoms with E-state index in [1.807, 2.05) is 17.9 Å². The lowest BCUT2D eigenvalue weighted by Gasteiger charge is -2.25. The number of hydrogen-bond donors (Lipinski definition) is 0. The Bertz CT molecular complexity index is 824. The molecule has 5 nitrogen and oxygen atoms in total. The van der Waals surface area contributed by atoms with Crippen molar-refractivity contribution in [3.8, 4) is 0 Å². The van der Waals surface area contributed by atoms with Crippen LogP contribution in [-0.2, 0) is 6.54 Å². The number of aromatic nitrogens is 1. The van der Waals surface area contributed by atoms with Crippen LogP contribution in [0.15, 0.2) is 28.7 Å². The van der Waals surface area contributed by atoms with Crippen molar-refractivity contribution in [2.24, 2.45) is 0 Å². The summed E-state index contributed by atoms with van der Waals surface area (Å²) in [6.07, 6.45) is 4.61. The van der Waals surface area contributed by atoms with Gasteiger partial charge in [0.25, 0.3) is 5.91 Å². The van der Waals surface area contributed by atoms with Crippen LogP contribution in [0.1, 0.15) is 59.3 Å². The van der Waals surface area contributed by atoms with E-state index in [4.69, 9.17) is 4.42 Å². The van der Waals surface area contributed by atoms with Crippen LogP contribution in [0.5, 0.6) is 0 Å². The molecule has 0 N–H and O–H groups in total. The summed E-state index contributed by atoms with van der Waals surface area (Å²) in [5.41, 5.74) is 2.96. The fourth-order valence-electron chi connectivity index (χ4n) is 4.18.